The van der Waals surface area contributed by atoms with Crippen LogP contribution in [0.4, 0.5) is 0 Å². The van der Waals surface area contributed by atoms with Crippen LogP contribution in [0.1, 0.15) is 5.56 Å². The molecule has 4 heteroatoms. The molecule has 0 N–H and O–H groups in total. The quantitative estimate of drug-likeness (QED) is 0.597. The lowest BCUT2D eigenvalue weighted by Crippen LogP contribution is -2.36. The van der Waals surface area contributed by atoms with Crippen LogP contribution >= 0.6 is 11.6 Å². The van der Waals surface area contributed by atoms with Crippen molar-refractivity contribution in [1.29, 1.82) is 0 Å². The van der Waals surface area contributed by atoms with E-state index in [2.05, 4.69) is 0 Å². The molecule has 0 spiro atoms. The van der Waals surface area contributed by atoms with Crippen molar-refractivity contribution in [3.05, 3.63) is 35.9 Å². The highest BCUT2D eigenvalue weighted by Gasteiger charge is 2.25. The van der Waals surface area contributed by atoms with Gasteiger partial charge in [-0.05, 0) is 36.8 Å². The third-order valence-corrected chi connectivity index (χ3v) is 3.25. The average Bonchev–Trinajstić information content (AvgIpc) is 2.16. The molecule has 0 heterocycles. The van der Waals surface area contributed by atoms with Crippen LogP contribution in [0.15, 0.2) is 30.3 Å². The maximum Gasteiger partial charge on any atom is 0.249 e. The Balaban J connectivity index is 2.70. The summed E-state index contributed by atoms with van der Waals surface area (Å²) in [5.74, 6) is 0. The summed E-state index contributed by atoms with van der Waals surface area (Å²) in [5, 5.41) is -0.411. The van der Waals surface area contributed by atoms with Crippen LogP contribution in [0, 0.1) is 0 Å². The van der Waals surface area contributed by atoms with Crippen LogP contribution in [0.2, 0.25) is 19.6 Å². The summed E-state index contributed by atoms with van der Waals surface area (Å²) in [6.07, 6.45) is 0.0312. The van der Waals surface area contributed by atoms with E-state index in [0.717, 1.165) is 5.56 Å². The zero-order valence-corrected chi connectivity index (χ0v) is 11.6. The zero-order valence-electron chi connectivity index (χ0n) is 9.87. The lowest BCUT2D eigenvalue weighted by molar-refractivity contribution is -0.118. The molecule has 0 bridgehead atoms. The van der Waals surface area contributed by atoms with E-state index < -0.39 is 19.7 Å². The molecule has 1 atom stereocenters. The van der Waals surface area contributed by atoms with Crippen LogP contribution in [0.3, 0.4) is 0 Å². The van der Waals surface area contributed by atoms with Crippen molar-refractivity contribution in [2.45, 2.75) is 32.2 Å². The molecular weight excluding hydrogens is 240 g/mol. The highest BCUT2D eigenvalue weighted by Crippen LogP contribution is 2.14. The molecule has 0 fully saturated rings. The Bertz CT molecular complexity index is 346. The van der Waals surface area contributed by atoms with Gasteiger partial charge < -0.3 is 4.43 Å². The molecule has 0 aliphatic rings. The standard InChI is InChI=1S/C12H17ClO2Si/c1-16(2,3)15-11(12(13)14)9-10-7-5-4-6-8-10/h4-8,11H,9H2,1-3H3/t11-/m0/s1. The van der Waals surface area contributed by atoms with Crippen molar-refractivity contribution >= 4 is 25.2 Å². The van der Waals surface area contributed by atoms with E-state index in [1.807, 2.05) is 50.0 Å². The molecule has 0 saturated heterocycles. The molecule has 0 aliphatic heterocycles. The van der Waals surface area contributed by atoms with E-state index in [1.165, 1.54) is 0 Å². The summed E-state index contributed by atoms with van der Waals surface area (Å²) in [5.41, 5.74) is 1.07. The summed E-state index contributed by atoms with van der Waals surface area (Å²) in [7, 11) is -1.74. The Hall–Kier alpha value is -0.643. The van der Waals surface area contributed by atoms with E-state index in [4.69, 9.17) is 16.0 Å². The van der Waals surface area contributed by atoms with Gasteiger partial charge in [0.2, 0.25) is 5.24 Å². The Morgan fingerprint density at radius 2 is 1.88 bits per heavy atom. The van der Waals surface area contributed by atoms with E-state index in [0.29, 0.717) is 6.42 Å². The highest BCUT2D eigenvalue weighted by molar-refractivity contribution is 6.71. The molecule has 2 nitrogen and oxygen atoms in total. The molecule has 0 amide bonds. The third-order valence-electron chi connectivity index (χ3n) is 2.01. The molecular formula is C12H17ClO2Si. The first kappa shape index (κ1) is 13.4. The van der Waals surface area contributed by atoms with Crippen LogP contribution in [-0.4, -0.2) is 19.7 Å². The van der Waals surface area contributed by atoms with Crippen molar-refractivity contribution in [1.82, 2.24) is 0 Å². The minimum absolute atomic E-state index is 0.411. The van der Waals surface area contributed by atoms with Crippen molar-refractivity contribution in [2.24, 2.45) is 0 Å². The maximum absolute atomic E-state index is 11.3. The highest BCUT2D eigenvalue weighted by atomic mass is 35.5. The van der Waals surface area contributed by atoms with Crippen molar-refractivity contribution < 1.29 is 9.22 Å². The predicted molar refractivity (Wildman–Crippen MR) is 69.2 cm³/mol. The Labute approximate surface area is 103 Å². The molecule has 16 heavy (non-hydrogen) atoms. The lowest BCUT2D eigenvalue weighted by Gasteiger charge is -2.23. The predicted octanol–water partition coefficient (Wildman–Crippen LogP) is 3.21. The minimum Gasteiger partial charge on any atom is -0.406 e. The molecule has 1 aromatic carbocycles. The summed E-state index contributed by atoms with van der Waals surface area (Å²) in [4.78, 5) is 11.3. The molecule has 0 unspecified atom stereocenters. The van der Waals surface area contributed by atoms with Gasteiger partial charge in [0.25, 0.3) is 0 Å². The molecule has 88 valence electrons. The van der Waals surface area contributed by atoms with Gasteiger partial charge in [0.15, 0.2) is 8.32 Å². The molecule has 0 radical (unpaired) electrons. The van der Waals surface area contributed by atoms with E-state index in [-0.39, 0.29) is 0 Å². The normalized spacial score (nSPS) is 13.5. The molecule has 1 aromatic rings. The van der Waals surface area contributed by atoms with E-state index >= 15 is 0 Å². The fraction of sp³-hybridized carbons (Fsp3) is 0.417. The molecule has 0 aromatic heterocycles. The van der Waals surface area contributed by atoms with Crippen molar-refractivity contribution in [3.8, 4) is 0 Å². The first-order valence-corrected chi connectivity index (χ1v) is 9.08. The molecule has 1 rings (SSSR count). The Kier molecular flexibility index (Phi) is 4.71. The van der Waals surface area contributed by atoms with Crippen LogP contribution in [-0.2, 0) is 15.6 Å². The van der Waals surface area contributed by atoms with Gasteiger partial charge in [-0.15, -0.1) is 0 Å². The lowest BCUT2D eigenvalue weighted by atomic mass is 10.1. The fourth-order valence-electron chi connectivity index (χ4n) is 1.42. The number of carbonyl (C=O) groups is 1. The SMILES string of the molecule is C[Si](C)(C)O[C@@H](Cc1ccccc1)C(=O)Cl. The van der Waals surface area contributed by atoms with Gasteiger partial charge in [-0.3, -0.25) is 4.79 Å². The third kappa shape index (κ3) is 4.92. The van der Waals surface area contributed by atoms with Gasteiger partial charge in [-0.25, -0.2) is 0 Å². The second-order valence-electron chi connectivity index (χ2n) is 4.71. The van der Waals surface area contributed by atoms with Crippen LogP contribution < -0.4 is 0 Å². The topological polar surface area (TPSA) is 26.3 Å². The second-order valence-corrected chi connectivity index (χ2v) is 9.55. The number of hydrogen-bond acceptors (Lipinski definition) is 2. The van der Waals surface area contributed by atoms with Gasteiger partial charge in [-0.2, -0.15) is 0 Å². The molecule has 0 aliphatic carbocycles. The minimum atomic E-state index is -1.74. The first-order valence-electron chi connectivity index (χ1n) is 5.29. The summed E-state index contributed by atoms with van der Waals surface area (Å²) < 4.78 is 5.76. The maximum atomic E-state index is 11.3. The number of hydrogen-bond donors (Lipinski definition) is 0. The number of carbonyl (C=O) groups excluding carboxylic acids is 1. The van der Waals surface area contributed by atoms with Gasteiger partial charge in [0, 0.05) is 6.42 Å². The van der Waals surface area contributed by atoms with Gasteiger partial charge in [0.05, 0.1) is 0 Å². The first-order chi connectivity index (χ1) is 7.38. The van der Waals surface area contributed by atoms with Gasteiger partial charge >= 0.3 is 0 Å². The largest absolute Gasteiger partial charge is 0.406 e. The van der Waals surface area contributed by atoms with Crippen molar-refractivity contribution in [3.63, 3.8) is 0 Å². The number of benzene rings is 1. The second kappa shape index (κ2) is 5.62. The van der Waals surface area contributed by atoms with Crippen molar-refractivity contribution in [2.75, 3.05) is 0 Å². The van der Waals surface area contributed by atoms with Crippen LogP contribution in [0.25, 0.3) is 0 Å². The van der Waals surface area contributed by atoms with Gasteiger partial charge in [0.1, 0.15) is 6.10 Å². The summed E-state index contributed by atoms with van der Waals surface area (Å²) in [6, 6.07) is 9.78. The van der Waals surface area contributed by atoms with Crippen LogP contribution in [0.5, 0.6) is 0 Å². The number of halogens is 1. The monoisotopic (exact) mass is 256 g/mol. The number of rotatable bonds is 5. The fourth-order valence-corrected chi connectivity index (χ4v) is 2.66. The summed E-state index contributed by atoms with van der Waals surface area (Å²) >= 11 is 5.56. The molecule has 0 saturated carbocycles. The smallest absolute Gasteiger partial charge is 0.249 e. The van der Waals surface area contributed by atoms with E-state index in [9.17, 15) is 4.79 Å². The zero-order chi connectivity index (χ0) is 12.2. The Morgan fingerprint density at radius 1 is 1.31 bits per heavy atom. The Morgan fingerprint density at radius 3 is 2.31 bits per heavy atom. The summed E-state index contributed by atoms with van der Waals surface area (Å²) in [6.45, 7) is 6.14. The average molecular weight is 257 g/mol. The van der Waals surface area contributed by atoms with Gasteiger partial charge in [-0.1, -0.05) is 30.3 Å². The van der Waals surface area contributed by atoms with E-state index in [1.54, 1.807) is 0 Å².